The number of hydrogen-bond donors (Lipinski definition) is 1. The Hall–Kier alpha value is -0.860. The molecular weight excluding hydrogens is 232 g/mol. The molecule has 1 N–H and O–H groups in total. The van der Waals surface area contributed by atoms with Gasteiger partial charge in [0, 0.05) is 18.6 Å². The van der Waals surface area contributed by atoms with E-state index in [2.05, 4.69) is 40.5 Å². The van der Waals surface area contributed by atoms with Crippen LogP contribution in [0.25, 0.3) is 0 Å². The second-order valence-electron chi connectivity index (χ2n) is 6.08. The zero-order valence-electron chi connectivity index (χ0n) is 11.9. The van der Waals surface area contributed by atoms with Crippen molar-refractivity contribution in [3.63, 3.8) is 0 Å². The molecule has 3 rings (SSSR count). The Balaban J connectivity index is 1.73. The molecule has 2 fully saturated rings. The van der Waals surface area contributed by atoms with Crippen LogP contribution in [0.1, 0.15) is 44.1 Å². The SMILES string of the molecule is c1ccc(CN2CCCC[C@H]3NCCCC[C@H]32)cc1. The number of nitrogens with one attached hydrogen (secondary N) is 1. The van der Waals surface area contributed by atoms with E-state index >= 15 is 0 Å². The Morgan fingerprint density at radius 3 is 2.74 bits per heavy atom. The van der Waals surface area contributed by atoms with Gasteiger partial charge in [-0.1, -0.05) is 43.2 Å². The number of benzene rings is 1. The van der Waals surface area contributed by atoms with Crippen LogP contribution < -0.4 is 5.32 Å². The molecule has 2 heterocycles. The molecule has 0 unspecified atom stereocenters. The second-order valence-corrected chi connectivity index (χ2v) is 6.08. The van der Waals surface area contributed by atoms with Gasteiger partial charge < -0.3 is 5.32 Å². The lowest BCUT2D eigenvalue weighted by Crippen LogP contribution is -2.47. The summed E-state index contributed by atoms with van der Waals surface area (Å²) in [7, 11) is 0. The normalized spacial score (nSPS) is 29.3. The van der Waals surface area contributed by atoms with E-state index in [-0.39, 0.29) is 0 Å². The molecule has 2 aliphatic rings. The van der Waals surface area contributed by atoms with Crippen molar-refractivity contribution in [1.82, 2.24) is 10.2 Å². The largest absolute Gasteiger partial charge is 0.312 e. The van der Waals surface area contributed by atoms with Crippen LogP contribution in [-0.2, 0) is 6.54 Å². The molecule has 2 nitrogen and oxygen atoms in total. The van der Waals surface area contributed by atoms with Gasteiger partial charge >= 0.3 is 0 Å². The summed E-state index contributed by atoms with van der Waals surface area (Å²) in [5, 5.41) is 3.80. The molecule has 19 heavy (non-hydrogen) atoms. The highest BCUT2D eigenvalue weighted by molar-refractivity contribution is 5.14. The Kier molecular flexibility index (Phi) is 4.52. The van der Waals surface area contributed by atoms with Gasteiger partial charge in [0.25, 0.3) is 0 Å². The molecule has 0 aromatic heterocycles. The fourth-order valence-corrected chi connectivity index (χ4v) is 3.69. The fraction of sp³-hybridized carbons (Fsp3) is 0.647. The third kappa shape index (κ3) is 3.37. The Labute approximate surface area is 117 Å². The van der Waals surface area contributed by atoms with Crippen molar-refractivity contribution >= 4 is 0 Å². The first-order valence-corrected chi connectivity index (χ1v) is 7.95. The van der Waals surface area contributed by atoms with Crippen molar-refractivity contribution in [3.8, 4) is 0 Å². The Morgan fingerprint density at radius 1 is 1.00 bits per heavy atom. The molecule has 0 bridgehead atoms. The summed E-state index contributed by atoms with van der Waals surface area (Å²) in [5.74, 6) is 0. The predicted octanol–water partition coefficient (Wildman–Crippen LogP) is 3.18. The molecule has 0 saturated carbocycles. The van der Waals surface area contributed by atoms with Crippen LogP contribution in [0.15, 0.2) is 30.3 Å². The molecule has 0 spiro atoms. The van der Waals surface area contributed by atoms with Crippen molar-refractivity contribution in [2.24, 2.45) is 0 Å². The monoisotopic (exact) mass is 258 g/mol. The van der Waals surface area contributed by atoms with Gasteiger partial charge in [-0.25, -0.2) is 0 Å². The van der Waals surface area contributed by atoms with Crippen LogP contribution in [-0.4, -0.2) is 30.1 Å². The van der Waals surface area contributed by atoms with E-state index in [9.17, 15) is 0 Å². The van der Waals surface area contributed by atoms with Crippen molar-refractivity contribution in [2.75, 3.05) is 13.1 Å². The first-order chi connectivity index (χ1) is 9.43. The molecule has 2 atom stereocenters. The van der Waals surface area contributed by atoms with Gasteiger partial charge in [0.05, 0.1) is 0 Å². The van der Waals surface area contributed by atoms with Crippen LogP contribution in [0.3, 0.4) is 0 Å². The lowest BCUT2D eigenvalue weighted by atomic mass is 9.99. The molecule has 0 aliphatic carbocycles. The number of nitrogens with zero attached hydrogens (tertiary/aromatic N) is 1. The van der Waals surface area contributed by atoms with Gasteiger partial charge in [-0.15, -0.1) is 0 Å². The van der Waals surface area contributed by atoms with E-state index in [1.54, 1.807) is 0 Å². The predicted molar refractivity (Wildman–Crippen MR) is 80.1 cm³/mol. The summed E-state index contributed by atoms with van der Waals surface area (Å²) < 4.78 is 0. The molecule has 0 radical (unpaired) electrons. The topological polar surface area (TPSA) is 15.3 Å². The summed E-state index contributed by atoms with van der Waals surface area (Å²) in [6.07, 6.45) is 8.24. The standard InChI is InChI=1S/C17H26N2/c1-2-8-15(9-3-1)14-19-13-7-5-10-16-17(19)11-4-6-12-18-16/h1-3,8-9,16-18H,4-7,10-14H2/t16-,17-/m1/s1. The van der Waals surface area contributed by atoms with Crippen LogP contribution in [0, 0.1) is 0 Å². The Bertz CT molecular complexity index is 374. The van der Waals surface area contributed by atoms with Crippen LogP contribution in [0.2, 0.25) is 0 Å². The van der Waals surface area contributed by atoms with E-state index in [4.69, 9.17) is 0 Å². The average Bonchev–Trinajstić information content (AvgIpc) is 2.77. The maximum Gasteiger partial charge on any atom is 0.0252 e. The molecule has 2 heteroatoms. The number of fused-ring (bicyclic) bond motifs is 1. The minimum Gasteiger partial charge on any atom is -0.312 e. The summed E-state index contributed by atoms with van der Waals surface area (Å²) in [6.45, 7) is 3.63. The average molecular weight is 258 g/mol. The minimum atomic E-state index is 0.730. The third-order valence-corrected chi connectivity index (χ3v) is 4.71. The molecule has 2 saturated heterocycles. The first-order valence-electron chi connectivity index (χ1n) is 7.95. The van der Waals surface area contributed by atoms with Crippen LogP contribution in [0.4, 0.5) is 0 Å². The van der Waals surface area contributed by atoms with Crippen molar-refractivity contribution in [1.29, 1.82) is 0 Å². The van der Waals surface area contributed by atoms with E-state index in [1.807, 2.05) is 0 Å². The lowest BCUT2D eigenvalue weighted by molar-refractivity contribution is 0.159. The van der Waals surface area contributed by atoms with Gasteiger partial charge in [0.1, 0.15) is 0 Å². The molecule has 0 amide bonds. The highest BCUT2D eigenvalue weighted by Gasteiger charge is 2.30. The smallest absolute Gasteiger partial charge is 0.0252 e. The highest BCUT2D eigenvalue weighted by Crippen LogP contribution is 2.25. The summed E-state index contributed by atoms with van der Waals surface area (Å²) in [6, 6.07) is 12.5. The number of likely N-dealkylation sites (tertiary alicyclic amines) is 1. The van der Waals surface area contributed by atoms with E-state index in [0.717, 1.165) is 18.6 Å². The summed E-state index contributed by atoms with van der Waals surface area (Å²) in [4.78, 5) is 2.74. The summed E-state index contributed by atoms with van der Waals surface area (Å²) in [5.41, 5.74) is 1.47. The maximum atomic E-state index is 3.80. The number of hydrogen-bond acceptors (Lipinski definition) is 2. The van der Waals surface area contributed by atoms with Gasteiger partial charge in [-0.3, -0.25) is 4.90 Å². The quantitative estimate of drug-likeness (QED) is 0.876. The highest BCUT2D eigenvalue weighted by atomic mass is 15.2. The number of rotatable bonds is 2. The zero-order valence-corrected chi connectivity index (χ0v) is 11.9. The second kappa shape index (κ2) is 6.53. The van der Waals surface area contributed by atoms with Gasteiger partial charge in [-0.2, -0.15) is 0 Å². The van der Waals surface area contributed by atoms with Crippen molar-refractivity contribution < 1.29 is 0 Å². The molecule has 104 valence electrons. The zero-order chi connectivity index (χ0) is 12.9. The van der Waals surface area contributed by atoms with E-state index < -0.39 is 0 Å². The summed E-state index contributed by atoms with van der Waals surface area (Å²) >= 11 is 0. The molecule has 2 aliphatic heterocycles. The van der Waals surface area contributed by atoms with Crippen LogP contribution in [0.5, 0.6) is 0 Å². The van der Waals surface area contributed by atoms with Gasteiger partial charge in [0.2, 0.25) is 0 Å². The minimum absolute atomic E-state index is 0.730. The molecular formula is C17H26N2. The molecule has 1 aromatic rings. The van der Waals surface area contributed by atoms with Crippen molar-refractivity contribution in [2.45, 2.75) is 57.2 Å². The molecule has 1 aromatic carbocycles. The third-order valence-electron chi connectivity index (χ3n) is 4.71. The van der Waals surface area contributed by atoms with Crippen LogP contribution >= 0.6 is 0 Å². The van der Waals surface area contributed by atoms with Gasteiger partial charge in [-0.05, 0) is 44.3 Å². The maximum absolute atomic E-state index is 3.80. The van der Waals surface area contributed by atoms with E-state index in [1.165, 1.54) is 57.2 Å². The van der Waals surface area contributed by atoms with Gasteiger partial charge in [0.15, 0.2) is 0 Å². The fourth-order valence-electron chi connectivity index (χ4n) is 3.69. The Morgan fingerprint density at radius 2 is 1.84 bits per heavy atom. The first kappa shape index (κ1) is 13.1. The lowest BCUT2D eigenvalue weighted by Gasteiger charge is -2.34. The van der Waals surface area contributed by atoms with Crippen molar-refractivity contribution in [3.05, 3.63) is 35.9 Å². The van der Waals surface area contributed by atoms with E-state index in [0.29, 0.717) is 0 Å².